The lowest BCUT2D eigenvalue weighted by molar-refractivity contribution is -0.149. The second kappa shape index (κ2) is 5.53. The highest BCUT2D eigenvalue weighted by molar-refractivity contribution is 6.05. The fourth-order valence-electron chi connectivity index (χ4n) is 2.34. The Balaban J connectivity index is 2.07. The van der Waals surface area contributed by atoms with Crippen molar-refractivity contribution in [1.82, 2.24) is 0 Å². The van der Waals surface area contributed by atoms with E-state index in [-0.39, 0.29) is 12.4 Å². The van der Waals surface area contributed by atoms with Crippen LogP contribution in [-0.2, 0) is 20.7 Å². The first-order valence-electron chi connectivity index (χ1n) is 6.45. The smallest absolute Gasteiger partial charge is 0.332 e. The molecule has 4 heteroatoms. The topological polar surface area (TPSA) is 52.6 Å². The van der Waals surface area contributed by atoms with E-state index in [0.29, 0.717) is 13.0 Å². The van der Waals surface area contributed by atoms with Crippen LogP contribution in [0.15, 0.2) is 12.1 Å². The summed E-state index contributed by atoms with van der Waals surface area (Å²) in [4.78, 5) is 23.5. The Morgan fingerprint density at radius 2 is 2.11 bits per heavy atom. The molecule has 0 bridgehead atoms. The Bertz CT molecular complexity index is 519. The number of hydrogen-bond donors (Lipinski definition) is 0. The number of aryl methyl sites for hydroxylation is 1. The van der Waals surface area contributed by atoms with Gasteiger partial charge in [-0.25, -0.2) is 4.79 Å². The maximum absolute atomic E-state index is 12.3. The zero-order chi connectivity index (χ0) is 14.0. The number of benzene rings is 1. The normalized spacial score (nSPS) is 17.4. The van der Waals surface area contributed by atoms with Crippen LogP contribution in [-0.4, -0.2) is 31.1 Å². The van der Waals surface area contributed by atoms with Gasteiger partial charge in [0.25, 0.3) is 0 Å². The first-order valence-corrected chi connectivity index (χ1v) is 6.45. The van der Waals surface area contributed by atoms with Gasteiger partial charge in [0, 0.05) is 12.0 Å². The SMILES string of the molecule is CCOC(=O)COC1Cc2ccc(C)c(C)c2C1=O. The summed E-state index contributed by atoms with van der Waals surface area (Å²) in [6.07, 6.45) is -0.0192. The lowest BCUT2D eigenvalue weighted by Crippen LogP contribution is -2.25. The van der Waals surface area contributed by atoms with Crippen molar-refractivity contribution in [2.24, 2.45) is 0 Å². The van der Waals surface area contributed by atoms with Gasteiger partial charge in [-0.05, 0) is 37.5 Å². The van der Waals surface area contributed by atoms with E-state index in [1.165, 1.54) is 0 Å². The Kier molecular flexibility index (Phi) is 4.00. The van der Waals surface area contributed by atoms with Crippen LogP contribution < -0.4 is 0 Å². The Morgan fingerprint density at radius 3 is 2.79 bits per heavy atom. The number of ketones is 1. The molecule has 0 aromatic heterocycles. The molecule has 1 aliphatic carbocycles. The number of esters is 1. The van der Waals surface area contributed by atoms with Gasteiger partial charge in [-0.15, -0.1) is 0 Å². The Hall–Kier alpha value is -1.68. The van der Waals surface area contributed by atoms with Gasteiger partial charge in [0.05, 0.1) is 6.61 Å². The molecule has 4 nitrogen and oxygen atoms in total. The largest absolute Gasteiger partial charge is 0.464 e. The number of carbonyl (C=O) groups excluding carboxylic acids is 2. The predicted octanol–water partition coefficient (Wildman–Crippen LogP) is 1.99. The van der Waals surface area contributed by atoms with Crippen LogP contribution in [0.25, 0.3) is 0 Å². The van der Waals surface area contributed by atoms with E-state index in [2.05, 4.69) is 0 Å². The van der Waals surface area contributed by atoms with Crippen molar-refractivity contribution in [2.45, 2.75) is 33.3 Å². The van der Waals surface area contributed by atoms with E-state index in [9.17, 15) is 9.59 Å². The second-order valence-electron chi connectivity index (χ2n) is 4.71. The van der Waals surface area contributed by atoms with E-state index < -0.39 is 12.1 Å². The van der Waals surface area contributed by atoms with Crippen molar-refractivity contribution in [2.75, 3.05) is 13.2 Å². The van der Waals surface area contributed by atoms with E-state index in [1.54, 1.807) is 6.92 Å². The number of carbonyl (C=O) groups is 2. The third-order valence-corrected chi connectivity index (χ3v) is 3.47. The maximum Gasteiger partial charge on any atom is 0.332 e. The standard InChI is InChI=1S/C15H18O4/c1-4-18-13(16)8-19-12-7-11-6-5-9(2)10(3)14(11)15(12)17/h5-6,12H,4,7-8H2,1-3H3. The van der Waals surface area contributed by atoms with Crippen LogP contribution in [0.3, 0.4) is 0 Å². The summed E-state index contributed by atoms with van der Waals surface area (Å²) in [5, 5.41) is 0. The van der Waals surface area contributed by atoms with Gasteiger partial charge in [-0.1, -0.05) is 12.1 Å². The predicted molar refractivity (Wildman–Crippen MR) is 70.3 cm³/mol. The molecule has 0 fully saturated rings. The molecule has 19 heavy (non-hydrogen) atoms. The summed E-state index contributed by atoms with van der Waals surface area (Å²) >= 11 is 0. The molecule has 0 saturated heterocycles. The Morgan fingerprint density at radius 1 is 1.37 bits per heavy atom. The zero-order valence-corrected chi connectivity index (χ0v) is 11.5. The van der Waals surface area contributed by atoms with E-state index in [1.807, 2.05) is 26.0 Å². The molecule has 1 aromatic rings. The van der Waals surface area contributed by atoms with Crippen molar-refractivity contribution in [3.8, 4) is 0 Å². The lowest BCUT2D eigenvalue weighted by Gasteiger charge is -2.09. The molecular formula is C15H18O4. The monoisotopic (exact) mass is 262 g/mol. The van der Waals surface area contributed by atoms with Crippen LogP contribution in [0.5, 0.6) is 0 Å². The molecule has 0 spiro atoms. The van der Waals surface area contributed by atoms with Crippen molar-refractivity contribution in [1.29, 1.82) is 0 Å². The third kappa shape index (κ3) is 2.68. The molecule has 102 valence electrons. The molecule has 0 radical (unpaired) electrons. The van der Waals surface area contributed by atoms with Gasteiger partial charge in [0.15, 0.2) is 5.78 Å². The molecule has 0 saturated carbocycles. The quantitative estimate of drug-likeness (QED) is 0.779. The van der Waals surface area contributed by atoms with E-state index in [0.717, 1.165) is 22.3 Å². The highest BCUT2D eigenvalue weighted by Gasteiger charge is 2.33. The van der Waals surface area contributed by atoms with Crippen molar-refractivity contribution >= 4 is 11.8 Å². The fourth-order valence-corrected chi connectivity index (χ4v) is 2.34. The van der Waals surface area contributed by atoms with E-state index in [4.69, 9.17) is 9.47 Å². The van der Waals surface area contributed by atoms with E-state index >= 15 is 0 Å². The van der Waals surface area contributed by atoms with Gasteiger partial charge in [-0.2, -0.15) is 0 Å². The summed E-state index contributed by atoms with van der Waals surface area (Å²) in [5.41, 5.74) is 3.86. The number of rotatable bonds is 4. The molecule has 1 unspecified atom stereocenters. The summed E-state index contributed by atoms with van der Waals surface area (Å²) in [5.74, 6) is -0.459. The molecular weight excluding hydrogens is 244 g/mol. The average molecular weight is 262 g/mol. The summed E-state index contributed by atoms with van der Waals surface area (Å²) in [7, 11) is 0. The summed E-state index contributed by atoms with van der Waals surface area (Å²) < 4.78 is 10.2. The number of ether oxygens (including phenoxy) is 2. The third-order valence-electron chi connectivity index (χ3n) is 3.47. The molecule has 0 amide bonds. The Labute approximate surface area is 112 Å². The fraction of sp³-hybridized carbons (Fsp3) is 0.467. The summed E-state index contributed by atoms with van der Waals surface area (Å²) in [6, 6.07) is 3.97. The zero-order valence-electron chi connectivity index (χ0n) is 11.5. The molecule has 0 aliphatic heterocycles. The molecule has 1 aromatic carbocycles. The highest BCUT2D eigenvalue weighted by Crippen LogP contribution is 2.28. The van der Waals surface area contributed by atoms with Crippen molar-refractivity contribution < 1.29 is 19.1 Å². The molecule has 1 atom stereocenters. The van der Waals surface area contributed by atoms with Crippen molar-refractivity contribution in [3.05, 3.63) is 34.4 Å². The number of Topliss-reactive ketones (excluding diaryl/α,β-unsaturated/α-hetero) is 1. The van der Waals surface area contributed by atoms with Crippen LogP contribution >= 0.6 is 0 Å². The average Bonchev–Trinajstić information content (AvgIpc) is 2.69. The first-order chi connectivity index (χ1) is 9.04. The number of fused-ring (bicyclic) bond motifs is 1. The lowest BCUT2D eigenvalue weighted by atomic mass is 9.99. The van der Waals surface area contributed by atoms with Crippen LogP contribution in [0, 0.1) is 13.8 Å². The molecule has 2 rings (SSSR count). The van der Waals surface area contributed by atoms with Gasteiger partial charge in [0.1, 0.15) is 12.7 Å². The molecule has 0 N–H and O–H groups in total. The van der Waals surface area contributed by atoms with Gasteiger partial charge in [0.2, 0.25) is 0 Å². The highest BCUT2D eigenvalue weighted by atomic mass is 16.6. The maximum atomic E-state index is 12.3. The van der Waals surface area contributed by atoms with Gasteiger partial charge < -0.3 is 9.47 Å². The molecule has 1 aliphatic rings. The minimum absolute atomic E-state index is 0.0273. The van der Waals surface area contributed by atoms with Gasteiger partial charge in [-0.3, -0.25) is 4.79 Å². The van der Waals surface area contributed by atoms with Crippen LogP contribution in [0.2, 0.25) is 0 Å². The van der Waals surface area contributed by atoms with Crippen LogP contribution in [0.4, 0.5) is 0 Å². The minimum atomic E-state index is -0.556. The first kappa shape index (κ1) is 13.7. The number of hydrogen-bond acceptors (Lipinski definition) is 4. The second-order valence-corrected chi connectivity index (χ2v) is 4.71. The van der Waals surface area contributed by atoms with Crippen LogP contribution in [0.1, 0.15) is 34.0 Å². The summed E-state index contributed by atoms with van der Waals surface area (Å²) in [6.45, 7) is 5.81. The van der Waals surface area contributed by atoms with Crippen molar-refractivity contribution in [3.63, 3.8) is 0 Å². The van der Waals surface area contributed by atoms with Gasteiger partial charge >= 0.3 is 5.97 Å². The minimum Gasteiger partial charge on any atom is -0.464 e. The molecule has 0 heterocycles.